The quantitative estimate of drug-likeness (QED) is 0.330. The molecule has 5 rings (SSSR count). The standard InChI is InChI=1S/C28H28N8O5/c1-34-20(8-10-30-34)17-41-27-32-24(15-25(33-27)35-11-12-36(28(38)39)19(16-35)7-9-29)26(37)31-23-14-21(40-2)13-18-5-3-4-6-22(18)23/h3-6,8,10,13-15,19H,7,11-12,16-17H2,1-2H3,(H,31,37)(H,38,39). The first kappa shape index (κ1) is 27.2. The largest absolute Gasteiger partial charge is 0.497 e. The van der Waals surface area contributed by atoms with E-state index in [1.807, 2.05) is 35.2 Å². The Morgan fingerprint density at radius 3 is 2.73 bits per heavy atom. The van der Waals surface area contributed by atoms with Crippen LogP contribution in [0.15, 0.2) is 54.7 Å². The first-order valence-corrected chi connectivity index (χ1v) is 12.8. The number of rotatable bonds is 8. The van der Waals surface area contributed by atoms with Gasteiger partial charge in [-0.1, -0.05) is 24.3 Å². The third-order valence-electron chi connectivity index (χ3n) is 6.89. The van der Waals surface area contributed by atoms with Gasteiger partial charge in [0.25, 0.3) is 5.91 Å². The van der Waals surface area contributed by atoms with Crippen molar-refractivity contribution in [3.8, 4) is 17.8 Å². The Morgan fingerprint density at radius 1 is 1.17 bits per heavy atom. The Kier molecular flexibility index (Phi) is 7.82. The Bertz CT molecular complexity index is 1630. The first-order chi connectivity index (χ1) is 19.9. The van der Waals surface area contributed by atoms with Gasteiger partial charge in [0.15, 0.2) is 0 Å². The van der Waals surface area contributed by atoms with Crippen LogP contribution in [-0.2, 0) is 13.7 Å². The molecule has 210 valence electrons. The van der Waals surface area contributed by atoms with E-state index in [9.17, 15) is 20.0 Å². The van der Waals surface area contributed by atoms with Gasteiger partial charge in [0.2, 0.25) is 0 Å². The molecule has 2 aromatic carbocycles. The minimum absolute atomic E-state index is 0.0218. The van der Waals surface area contributed by atoms with Crippen LogP contribution in [0.3, 0.4) is 0 Å². The maximum absolute atomic E-state index is 13.6. The topological polar surface area (TPSA) is 159 Å². The third-order valence-corrected chi connectivity index (χ3v) is 6.89. The Labute approximate surface area is 235 Å². The van der Waals surface area contributed by atoms with E-state index < -0.39 is 18.0 Å². The van der Waals surface area contributed by atoms with Gasteiger partial charge in [0.1, 0.15) is 23.9 Å². The van der Waals surface area contributed by atoms with Crippen LogP contribution in [0.2, 0.25) is 0 Å². The normalized spacial score (nSPS) is 14.9. The second kappa shape index (κ2) is 11.8. The lowest BCUT2D eigenvalue weighted by Crippen LogP contribution is -2.55. The number of nitriles is 1. The number of carbonyl (C=O) groups excluding carboxylic acids is 1. The predicted molar refractivity (Wildman–Crippen MR) is 149 cm³/mol. The van der Waals surface area contributed by atoms with Crippen molar-refractivity contribution in [2.45, 2.75) is 19.1 Å². The van der Waals surface area contributed by atoms with E-state index in [1.54, 1.807) is 37.2 Å². The lowest BCUT2D eigenvalue weighted by atomic mass is 10.1. The summed E-state index contributed by atoms with van der Waals surface area (Å²) in [6.07, 6.45) is 0.580. The summed E-state index contributed by atoms with van der Waals surface area (Å²) < 4.78 is 13.0. The highest BCUT2D eigenvalue weighted by Gasteiger charge is 2.31. The highest BCUT2D eigenvalue weighted by Crippen LogP contribution is 2.30. The second-order valence-electron chi connectivity index (χ2n) is 9.42. The van der Waals surface area contributed by atoms with E-state index >= 15 is 0 Å². The van der Waals surface area contributed by atoms with E-state index in [2.05, 4.69) is 26.5 Å². The average Bonchev–Trinajstić information content (AvgIpc) is 3.40. The number of hydrogen-bond acceptors (Lipinski definition) is 9. The Morgan fingerprint density at radius 2 is 2.00 bits per heavy atom. The zero-order valence-electron chi connectivity index (χ0n) is 22.5. The third kappa shape index (κ3) is 5.96. The molecule has 1 aliphatic heterocycles. The lowest BCUT2D eigenvalue weighted by Gasteiger charge is -2.39. The van der Waals surface area contributed by atoms with Crippen molar-refractivity contribution in [1.82, 2.24) is 24.6 Å². The highest BCUT2D eigenvalue weighted by molar-refractivity contribution is 6.09. The molecule has 1 aliphatic rings. The molecule has 1 atom stereocenters. The summed E-state index contributed by atoms with van der Waals surface area (Å²) in [7, 11) is 3.34. The van der Waals surface area contributed by atoms with Crippen LogP contribution in [0.25, 0.3) is 10.8 Å². The number of carboxylic acid groups (broad SMARTS) is 1. The van der Waals surface area contributed by atoms with Gasteiger partial charge in [-0.2, -0.15) is 20.3 Å². The zero-order valence-corrected chi connectivity index (χ0v) is 22.5. The molecule has 2 aromatic heterocycles. The Hall–Kier alpha value is -5.38. The number of aromatic nitrogens is 4. The molecule has 0 spiro atoms. The number of benzene rings is 2. The molecular weight excluding hydrogens is 528 g/mol. The molecule has 1 fully saturated rings. The molecule has 2 amide bonds. The van der Waals surface area contributed by atoms with Crippen LogP contribution in [-0.4, -0.2) is 74.5 Å². The fourth-order valence-corrected chi connectivity index (χ4v) is 4.72. The number of amides is 2. The van der Waals surface area contributed by atoms with E-state index in [0.717, 1.165) is 16.5 Å². The summed E-state index contributed by atoms with van der Waals surface area (Å²) >= 11 is 0. The van der Waals surface area contributed by atoms with Gasteiger partial charge >= 0.3 is 12.1 Å². The van der Waals surface area contributed by atoms with E-state index in [0.29, 0.717) is 23.8 Å². The van der Waals surface area contributed by atoms with Crippen molar-refractivity contribution >= 4 is 34.3 Å². The molecule has 3 heterocycles. The summed E-state index contributed by atoms with van der Waals surface area (Å²) in [4.78, 5) is 37.3. The molecule has 4 aromatic rings. The summed E-state index contributed by atoms with van der Waals surface area (Å²) in [5.74, 6) is 0.478. The number of methoxy groups -OCH3 is 1. The smallest absolute Gasteiger partial charge is 0.407 e. The fourth-order valence-electron chi connectivity index (χ4n) is 4.72. The fraction of sp³-hybridized carbons (Fsp3) is 0.286. The lowest BCUT2D eigenvalue weighted by molar-refractivity contribution is 0.102. The molecular formula is C28H28N8O5. The summed E-state index contributed by atoms with van der Waals surface area (Å²) in [5, 5.41) is 27.6. The van der Waals surface area contributed by atoms with Crippen LogP contribution in [0.1, 0.15) is 22.6 Å². The number of aryl methyl sites for hydroxylation is 1. The van der Waals surface area contributed by atoms with Crippen molar-refractivity contribution in [2.24, 2.45) is 7.05 Å². The first-order valence-electron chi connectivity index (χ1n) is 12.8. The maximum atomic E-state index is 13.6. The average molecular weight is 557 g/mol. The van der Waals surface area contributed by atoms with Gasteiger partial charge in [-0.3, -0.25) is 9.48 Å². The maximum Gasteiger partial charge on any atom is 0.407 e. The Balaban J connectivity index is 1.47. The zero-order chi connectivity index (χ0) is 28.9. The molecule has 13 heteroatoms. The minimum atomic E-state index is -1.08. The van der Waals surface area contributed by atoms with E-state index in [-0.39, 0.29) is 37.8 Å². The van der Waals surface area contributed by atoms with Crippen molar-refractivity contribution in [3.05, 3.63) is 66.1 Å². The van der Waals surface area contributed by atoms with E-state index in [1.165, 1.54) is 11.0 Å². The monoisotopic (exact) mass is 556 g/mol. The van der Waals surface area contributed by atoms with Crippen LogP contribution >= 0.6 is 0 Å². The molecule has 0 saturated carbocycles. The number of carbonyl (C=O) groups is 2. The molecule has 1 saturated heterocycles. The molecule has 41 heavy (non-hydrogen) atoms. The van der Waals surface area contributed by atoms with Crippen LogP contribution in [0.4, 0.5) is 16.3 Å². The number of ether oxygens (including phenoxy) is 2. The van der Waals surface area contributed by atoms with Gasteiger partial charge in [0.05, 0.1) is 37.0 Å². The predicted octanol–water partition coefficient (Wildman–Crippen LogP) is 3.29. The van der Waals surface area contributed by atoms with E-state index in [4.69, 9.17) is 9.47 Å². The molecule has 0 bridgehead atoms. The molecule has 0 radical (unpaired) electrons. The number of anilines is 2. The SMILES string of the molecule is COc1cc(NC(=O)c2cc(N3CCN(C(=O)O)C(CC#N)C3)nc(OCc3ccnn3C)n2)c2ccccc2c1. The number of nitrogens with zero attached hydrogens (tertiary/aromatic N) is 7. The second-order valence-corrected chi connectivity index (χ2v) is 9.42. The highest BCUT2D eigenvalue weighted by atomic mass is 16.5. The van der Waals surface area contributed by atoms with Crippen molar-refractivity contribution in [3.63, 3.8) is 0 Å². The van der Waals surface area contributed by atoms with Gasteiger partial charge < -0.3 is 29.7 Å². The number of fused-ring (bicyclic) bond motifs is 1. The van der Waals surface area contributed by atoms with Crippen molar-refractivity contribution in [1.29, 1.82) is 5.26 Å². The summed E-state index contributed by atoms with van der Waals surface area (Å²) in [6.45, 7) is 0.827. The van der Waals surface area contributed by atoms with Crippen LogP contribution < -0.4 is 19.7 Å². The minimum Gasteiger partial charge on any atom is -0.497 e. The van der Waals surface area contributed by atoms with Crippen LogP contribution in [0, 0.1) is 11.3 Å². The number of piperazine rings is 1. The van der Waals surface area contributed by atoms with Crippen LogP contribution in [0.5, 0.6) is 11.8 Å². The van der Waals surface area contributed by atoms with Gasteiger partial charge in [0, 0.05) is 50.4 Å². The van der Waals surface area contributed by atoms with Gasteiger partial charge in [-0.15, -0.1) is 0 Å². The van der Waals surface area contributed by atoms with Gasteiger partial charge in [-0.25, -0.2) is 4.79 Å². The van der Waals surface area contributed by atoms with Crippen molar-refractivity contribution < 1.29 is 24.2 Å². The number of hydrogen-bond donors (Lipinski definition) is 2. The summed E-state index contributed by atoms with van der Waals surface area (Å²) in [6, 6.07) is 16.0. The molecule has 2 N–H and O–H groups in total. The van der Waals surface area contributed by atoms with Gasteiger partial charge in [-0.05, 0) is 17.5 Å². The molecule has 0 aliphatic carbocycles. The van der Waals surface area contributed by atoms with Crippen molar-refractivity contribution in [2.75, 3.05) is 37.0 Å². The number of nitrogens with one attached hydrogen (secondary N) is 1. The molecule has 13 nitrogen and oxygen atoms in total. The molecule has 1 unspecified atom stereocenters. The summed E-state index contributed by atoms with van der Waals surface area (Å²) in [5.41, 5.74) is 1.38.